The van der Waals surface area contributed by atoms with Gasteiger partial charge < -0.3 is 15.5 Å². The SMILES string of the molecule is Cc1ncnc(N2CCN(c3ccc(N)cc3)CC2)c1F. The van der Waals surface area contributed by atoms with E-state index in [-0.39, 0.29) is 5.82 Å². The lowest BCUT2D eigenvalue weighted by Gasteiger charge is -2.36. The Morgan fingerprint density at radius 1 is 1.00 bits per heavy atom. The van der Waals surface area contributed by atoms with Gasteiger partial charge in [-0.3, -0.25) is 0 Å². The fraction of sp³-hybridized carbons (Fsp3) is 0.333. The Hall–Kier alpha value is -2.37. The van der Waals surface area contributed by atoms with E-state index in [1.807, 2.05) is 29.2 Å². The minimum absolute atomic E-state index is 0.321. The molecule has 110 valence electrons. The van der Waals surface area contributed by atoms with Gasteiger partial charge in [0.15, 0.2) is 11.6 Å². The first-order valence-corrected chi connectivity index (χ1v) is 6.97. The Kier molecular flexibility index (Phi) is 3.60. The van der Waals surface area contributed by atoms with Gasteiger partial charge in [-0.05, 0) is 31.2 Å². The summed E-state index contributed by atoms with van der Waals surface area (Å²) in [5.41, 5.74) is 7.99. The van der Waals surface area contributed by atoms with Crippen molar-refractivity contribution in [1.29, 1.82) is 0 Å². The summed E-state index contributed by atoms with van der Waals surface area (Å²) in [4.78, 5) is 12.2. The Labute approximate surface area is 123 Å². The van der Waals surface area contributed by atoms with Crippen molar-refractivity contribution in [2.45, 2.75) is 6.92 Å². The zero-order valence-electron chi connectivity index (χ0n) is 12.0. The lowest BCUT2D eigenvalue weighted by molar-refractivity contribution is 0.574. The number of hydrogen-bond donors (Lipinski definition) is 1. The second-order valence-corrected chi connectivity index (χ2v) is 5.16. The van der Waals surface area contributed by atoms with Crippen LogP contribution < -0.4 is 15.5 Å². The van der Waals surface area contributed by atoms with Gasteiger partial charge in [0.05, 0.1) is 5.69 Å². The molecule has 0 amide bonds. The monoisotopic (exact) mass is 287 g/mol. The molecule has 1 aromatic heterocycles. The van der Waals surface area contributed by atoms with Crippen molar-refractivity contribution in [3.8, 4) is 0 Å². The molecule has 3 rings (SSSR count). The van der Waals surface area contributed by atoms with Gasteiger partial charge in [-0.1, -0.05) is 0 Å². The number of nitrogens with two attached hydrogens (primary N) is 1. The summed E-state index contributed by atoms with van der Waals surface area (Å²) >= 11 is 0. The van der Waals surface area contributed by atoms with Crippen LogP contribution >= 0.6 is 0 Å². The topological polar surface area (TPSA) is 58.3 Å². The van der Waals surface area contributed by atoms with Gasteiger partial charge >= 0.3 is 0 Å². The van der Waals surface area contributed by atoms with E-state index in [9.17, 15) is 4.39 Å². The van der Waals surface area contributed by atoms with Crippen molar-refractivity contribution in [3.05, 3.63) is 42.1 Å². The van der Waals surface area contributed by atoms with E-state index in [0.29, 0.717) is 11.5 Å². The van der Waals surface area contributed by atoms with Crippen LogP contribution in [0.15, 0.2) is 30.6 Å². The van der Waals surface area contributed by atoms with Crippen LogP contribution in [0.2, 0.25) is 0 Å². The number of benzene rings is 1. The highest BCUT2D eigenvalue weighted by atomic mass is 19.1. The van der Waals surface area contributed by atoms with Crippen LogP contribution in [-0.2, 0) is 0 Å². The van der Waals surface area contributed by atoms with E-state index in [1.165, 1.54) is 6.33 Å². The first-order chi connectivity index (χ1) is 10.1. The number of anilines is 3. The van der Waals surface area contributed by atoms with E-state index < -0.39 is 0 Å². The molecule has 1 saturated heterocycles. The molecule has 21 heavy (non-hydrogen) atoms. The highest BCUT2D eigenvalue weighted by molar-refractivity contribution is 5.54. The third-order valence-corrected chi connectivity index (χ3v) is 3.78. The summed E-state index contributed by atoms with van der Waals surface area (Å²) in [6, 6.07) is 7.82. The molecule has 0 atom stereocenters. The minimum atomic E-state index is -0.321. The van der Waals surface area contributed by atoms with Crippen LogP contribution in [0.1, 0.15) is 5.69 Å². The van der Waals surface area contributed by atoms with E-state index in [1.54, 1.807) is 6.92 Å². The van der Waals surface area contributed by atoms with Crippen LogP contribution in [0.3, 0.4) is 0 Å². The van der Waals surface area contributed by atoms with Gasteiger partial charge in [0, 0.05) is 37.6 Å². The van der Waals surface area contributed by atoms with E-state index in [2.05, 4.69) is 14.9 Å². The Morgan fingerprint density at radius 2 is 1.62 bits per heavy atom. The molecule has 0 aliphatic carbocycles. The van der Waals surface area contributed by atoms with Gasteiger partial charge in [-0.15, -0.1) is 0 Å². The molecule has 6 heteroatoms. The second-order valence-electron chi connectivity index (χ2n) is 5.16. The van der Waals surface area contributed by atoms with Crippen LogP contribution in [0.4, 0.5) is 21.6 Å². The van der Waals surface area contributed by atoms with Gasteiger partial charge in [-0.25, -0.2) is 14.4 Å². The average molecular weight is 287 g/mol. The molecule has 0 bridgehead atoms. The molecular formula is C15H18FN5. The van der Waals surface area contributed by atoms with Gasteiger partial charge in [0.1, 0.15) is 6.33 Å². The average Bonchev–Trinajstić information content (AvgIpc) is 2.51. The fourth-order valence-corrected chi connectivity index (χ4v) is 2.53. The summed E-state index contributed by atoms with van der Waals surface area (Å²) in [6.45, 7) is 4.78. The number of nitrogens with zero attached hydrogens (tertiary/aromatic N) is 4. The first kappa shape index (κ1) is 13.6. The van der Waals surface area contributed by atoms with Crippen molar-refractivity contribution in [2.24, 2.45) is 0 Å². The summed E-state index contributed by atoms with van der Waals surface area (Å²) in [5.74, 6) is 0.0814. The number of piperazine rings is 1. The maximum atomic E-state index is 14.1. The predicted molar refractivity (Wildman–Crippen MR) is 82.0 cm³/mol. The van der Waals surface area contributed by atoms with Crippen molar-refractivity contribution in [2.75, 3.05) is 41.7 Å². The third kappa shape index (κ3) is 2.74. The molecule has 1 fully saturated rings. The third-order valence-electron chi connectivity index (χ3n) is 3.78. The molecule has 1 aliphatic rings. The van der Waals surface area contributed by atoms with E-state index in [0.717, 1.165) is 37.6 Å². The summed E-state index contributed by atoms with van der Waals surface area (Å²) in [7, 11) is 0. The zero-order chi connectivity index (χ0) is 14.8. The lowest BCUT2D eigenvalue weighted by Crippen LogP contribution is -2.47. The molecule has 0 spiro atoms. The van der Waals surface area contributed by atoms with Crippen LogP contribution in [-0.4, -0.2) is 36.1 Å². The number of aryl methyl sites for hydroxylation is 1. The molecule has 2 heterocycles. The molecule has 2 aromatic rings. The van der Waals surface area contributed by atoms with Crippen molar-refractivity contribution < 1.29 is 4.39 Å². The number of rotatable bonds is 2. The normalized spacial score (nSPS) is 15.3. The van der Waals surface area contributed by atoms with Crippen molar-refractivity contribution >= 4 is 17.2 Å². The summed E-state index contributed by atoms with van der Waals surface area (Å²) in [6.07, 6.45) is 1.42. The lowest BCUT2D eigenvalue weighted by atomic mass is 10.2. The van der Waals surface area contributed by atoms with Gasteiger partial charge in [-0.2, -0.15) is 0 Å². The number of hydrogen-bond acceptors (Lipinski definition) is 5. The highest BCUT2D eigenvalue weighted by Gasteiger charge is 2.21. The smallest absolute Gasteiger partial charge is 0.186 e. The Bertz CT molecular complexity index is 620. The van der Waals surface area contributed by atoms with Gasteiger partial charge in [0.2, 0.25) is 0 Å². The standard InChI is InChI=1S/C15H18FN5/c1-11-14(16)15(19-10-18-11)21-8-6-20(7-9-21)13-4-2-12(17)3-5-13/h2-5,10H,6-9,17H2,1H3. The van der Waals surface area contributed by atoms with Crippen LogP contribution in [0.5, 0.6) is 0 Å². The van der Waals surface area contributed by atoms with Gasteiger partial charge in [0.25, 0.3) is 0 Å². The summed E-state index contributed by atoms with van der Waals surface area (Å²) < 4.78 is 14.1. The molecule has 0 saturated carbocycles. The number of nitrogen functional groups attached to an aromatic ring is 1. The van der Waals surface area contributed by atoms with Crippen molar-refractivity contribution in [1.82, 2.24) is 9.97 Å². The largest absolute Gasteiger partial charge is 0.399 e. The Morgan fingerprint density at radius 3 is 2.29 bits per heavy atom. The molecule has 0 radical (unpaired) electrons. The molecule has 2 N–H and O–H groups in total. The van der Waals surface area contributed by atoms with E-state index >= 15 is 0 Å². The molecule has 5 nitrogen and oxygen atoms in total. The maximum absolute atomic E-state index is 14.1. The zero-order valence-corrected chi connectivity index (χ0v) is 12.0. The van der Waals surface area contributed by atoms with Crippen molar-refractivity contribution in [3.63, 3.8) is 0 Å². The molecule has 0 unspecified atom stereocenters. The molecule has 1 aliphatic heterocycles. The molecule has 1 aromatic carbocycles. The Balaban J connectivity index is 1.70. The first-order valence-electron chi connectivity index (χ1n) is 6.97. The second kappa shape index (κ2) is 5.55. The predicted octanol–water partition coefficient (Wildman–Crippen LogP) is 1.83. The number of halogens is 1. The van der Waals surface area contributed by atoms with Crippen LogP contribution in [0, 0.1) is 12.7 Å². The quantitative estimate of drug-likeness (QED) is 0.854. The van der Waals surface area contributed by atoms with E-state index in [4.69, 9.17) is 5.73 Å². The maximum Gasteiger partial charge on any atom is 0.186 e. The summed E-state index contributed by atoms with van der Waals surface area (Å²) in [5, 5.41) is 0. The van der Waals surface area contributed by atoms with Crippen LogP contribution in [0.25, 0.3) is 0 Å². The minimum Gasteiger partial charge on any atom is -0.399 e. The fourth-order valence-electron chi connectivity index (χ4n) is 2.53. The number of aromatic nitrogens is 2. The highest BCUT2D eigenvalue weighted by Crippen LogP contribution is 2.22. The molecular weight excluding hydrogens is 269 g/mol.